The highest BCUT2D eigenvalue weighted by molar-refractivity contribution is 6.10. The van der Waals surface area contributed by atoms with Crippen molar-refractivity contribution in [1.29, 1.82) is 5.26 Å². The molecule has 3 aromatic rings. The van der Waals surface area contributed by atoms with E-state index in [1.165, 1.54) is 19.2 Å². The van der Waals surface area contributed by atoms with Crippen LogP contribution in [0.1, 0.15) is 26.3 Å². The van der Waals surface area contributed by atoms with Crippen molar-refractivity contribution in [2.45, 2.75) is 0 Å². The number of nitriles is 1. The van der Waals surface area contributed by atoms with Gasteiger partial charge in [0.05, 0.1) is 24.0 Å². The summed E-state index contributed by atoms with van der Waals surface area (Å²) in [5.74, 6) is -0.961. The Labute approximate surface area is 166 Å². The van der Waals surface area contributed by atoms with Crippen LogP contribution in [0, 0.1) is 17.1 Å². The molecule has 0 atom stereocenters. The molecule has 0 fully saturated rings. The van der Waals surface area contributed by atoms with Gasteiger partial charge in [0, 0.05) is 11.1 Å². The molecule has 0 aliphatic rings. The van der Waals surface area contributed by atoms with Crippen molar-refractivity contribution in [3.63, 3.8) is 0 Å². The van der Waals surface area contributed by atoms with E-state index in [0.717, 1.165) is 6.07 Å². The fourth-order valence-corrected chi connectivity index (χ4v) is 2.58. The molecular weight excluding hydrogens is 373 g/mol. The zero-order chi connectivity index (χ0) is 20.8. The van der Waals surface area contributed by atoms with Crippen LogP contribution >= 0.6 is 0 Å². The minimum absolute atomic E-state index is 0.124. The summed E-state index contributed by atoms with van der Waals surface area (Å²) in [6.45, 7) is 0. The molecule has 3 rings (SSSR count). The number of rotatable bonds is 5. The van der Waals surface area contributed by atoms with Crippen LogP contribution in [0.25, 0.3) is 0 Å². The van der Waals surface area contributed by atoms with Gasteiger partial charge < -0.3 is 15.4 Å². The molecule has 0 bridgehead atoms. The fourth-order valence-electron chi connectivity index (χ4n) is 2.58. The highest BCUT2D eigenvalue weighted by Crippen LogP contribution is 2.23. The summed E-state index contributed by atoms with van der Waals surface area (Å²) < 4.78 is 18.5. The first-order valence-corrected chi connectivity index (χ1v) is 8.57. The number of methoxy groups -OCH3 is 1. The Morgan fingerprint density at radius 1 is 0.897 bits per heavy atom. The number of para-hydroxylation sites is 2. The SMILES string of the molecule is COc1ccc(C(=O)Nc2ccccc2NC(=O)c2ccc(F)c(C#N)c2)cc1. The van der Waals surface area contributed by atoms with E-state index in [1.54, 1.807) is 54.6 Å². The maximum absolute atomic E-state index is 13.5. The van der Waals surface area contributed by atoms with Crippen LogP contribution in [0.15, 0.2) is 66.7 Å². The molecule has 0 aliphatic carbocycles. The molecule has 0 saturated heterocycles. The third kappa shape index (κ3) is 4.57. The fraction of sp³-hybridized carbons (Fsp3) is 0.0455. The Bertz CT molecular complexity index is 1110. The third-order valence-corrected chi connectivity index (χ3v) is 4.12. The Morgan fingerprint density at radius 2 is 1.45 bits per heavy atom. The van der Waals surface area contributed by atoms with Crippen LogP contribution < -0.4 is 15.4 Å². The second-order valence-corrected chi connectivity index (χ2v) is 5.99. The number of carbonyl (C=O) groups excluding carboxylic acids is 2. The summed E-state index contributed by atoms with van der Waals surface area (Å²) in [6, 6.07) is 18.5. The minimum Gasteiger partial charge on any atom is -0.497 e. The molecular formula is C22H16FN3O3. The maximum atomic E-state index is 13.5. The van der Waals surface area contributed by atoms with Gasteiger partial charge in [-0.3, -0.25) is 9.59 Å². The molecule has 0 saturated carbocycles. The molecule has 3 aromatic carbocycles. The number of carbonyl (C=O) groups is 2. The highest BCUT2D eigenvalue weighted by Gasteiger charge is 2.14. The van der Waals surface area contributed by atoms with E-state index in [0.29, 0.717) is 22.7 Å². The molecule has 7 heteroatoms. The van der Waals surface area contributed by atoms with Gasteiger partial charge >= 0.3 is 0 Å². The maximum Gasteiger partial charge on any atom is 0.255 e. The van der Waals surface area contributed by atoms with Crippen molar-refractivity contribution in [2.75, 3.05) is 17.7 Å². The van der Waals surface area contributed by atoms with Crippen molar-refractivity contribution in [1.82, 2.24) is 0 Å². The molecule has 0 unspecified atom stereocenters. The Morgan fingerprint density at radius 3 is 2.00 bits per heavy atom. The molecule has 29 heavy (non-hydrogen) atoms. The molecule has 0 aromatic heterocycles. The lowest BCUT2D eigenvalue weighted by Gasteiger charge is -2.13. The first-order valence-electron chi connectivity index (χ1n) is 8.57. The van der Waals surface area contributed by atoms with Crippen LogP contribution in [-0.4, -0.2) is 18.9 Å². The zero-order valence-corrected chi connectivity index (χ0v) is 15.4. The summed E-state index contributed by atoms with van der Waals surface area (Å²) >= 11 is 0. The van der Waals surface area contributed by atoms with Gasteiger partial charge in [-0.15, -0.1) is 0 Å². The average molecular weight is 389 g/mol. The summed E-state index contributed by atoms with van der Waals surface area (Å²) in [5, 5.41) is 14.3. The number of anilines is 2. The third-order valence-electron chi connectivity index (χ3n) is 4.12. The Kier molecular flexibility index (Phi) is 5.85. The van der Waals surface area contributed by atoms with Crippen LogP contribution in [0.2, 0.25) is 0 Å². The monoisotopic (exact) mass is 389 g/mol. The van der Waals surface area contributed by atoms with Gasteiger partial charge in [-0.05, 0) is 54.6 Å². The highest BCUT2D eigenvalue weighted by atomic mass is 19.1. The van der Waals surface area contributed by atoms with Gasteiger partial charge in [-0.2, -0.15) is 5.26 Å². The number of nitrogens with zero attached hydrogens (tertiary/aromatic N) is 1. The van der Waals surface area contributed by atoms with Crippen LogP contribution in [-0.2, 0) is 0 Å². The van der Waals surface area contributed by atoms with Crippen molar-refractivity contribution in [3.8, 4) is 11.8 Å². The van der Waals surface area contributed by atoms with E-state index in [9.17, 15) is 14.0 Å². The van der Waals surface area contributed by atoms with Crippen molar-refractivity contribution >= 4 is 23.2 Å². The Hall–Kier alpha value is -4.18. The standard InChI is InChI=1S/C22H16FN3O3/c1-29-17-9-6-14(7-10-17)21(27)25-19-4-2-3-5-20(19)26-22(28)15-8-11-18(23)16(12-15)13-24/h2-12H,1H3,(H,25,27)(H,26,28). The molecule has 2 N–H and O–H groups in total. The number of halogens is 1. The number of hydrogen-bond acceptors (Lipinski definition) is 4. The molecule has 0 radical (unpaired) electrons. The molecule has 144 valence electrons. The predicted molar refractivity (Wildman–Crippen MR) is 106 cm³/mol. The lowest BCUT2D eigenvalue weighted by Crippen LogP contribution is -2.17. The van der Waals surface area contributed by atoms with Gasteiger partial charge in [-0.25, -0.2) is 4.39 Å². The quantitative estimate of drug-likeness (QED) is 0.684. The summed E-state index contributed by atoms with van der Waals surface area (Å²) in [7, 11) is 1.54. The van der Waals surface area contributed by atoms with E-state index in [1.807, 2.05) is 0 Å². The largest absolute Gasteiger partial charge is 0.497 e. The van der Waals surface area contributed by atoms with Crippen LogP contribution in [0.5, 0.6) is 5.75 Å². The second-order valence-electron chi connectivity index (χ2n) is 5.99. The van der Waals surface area contributed by atoms with Gasteiger partial charge in [0.1, 0.15) is 17.6 Å². The van der Waals surface area contributed by atoms with Crippen LogP contribution in [0.4, 0.5) is 15.8 Å². The minimum atomic E-state index is -0.698. The van der Waals surface area contributed by atoms with Gasteiger partial charge in [0.25, 0.3) is 11.8 Å². The molecule has 2 amide bonds. The number of amides is 2. The Balaban J connectivity index is 1.79. The number of nitrogens with one attached hydrogen (secondary N) is 2. The first kappa shape index (κ1) is 19.6. The van der Waals surface area contributed by atoms with E-state index in [4.69, 9.17) is 10.00 Å². The first-order chi connectivity index (χ1) is 14.0. The number of benzene rings is 3. The number of hydrogen-bond donors (Lipinski definition) is 2. The van der Waals surface area contributed by atoms with Gasteiger partial charge in [-0.1, -0.05) is 12.1 Å². The van der Waals surface area contributed by atoms with Gasteiger partial charge in [0.15, 0.2) is 0 Å². The lowest BCUT2D eigenvalue weighted by atomic mass is 10.1. The van der Waals surface area contributed by atoms with Crippen LogP contribution in [0.3, 0.4) is 0 Å². The second kappa shape index (κ2) is 8.67. The number of ether oxygens (including phenoxy) is 1. The van der Waals surface area contributed by atoms with E-state index >= 15 is 0 Å². The molecule has 0 spiro atoms. The molecule has 0 heterocycles. The van der Waals surface area contributed by atoms with E-state index in [-0.39, 0.29) is 17.0 Å². The van der Waals surface area contributed by atoms with Crippen molar-refractivity contribution < 1.29 is 18.7 Å². The summed E-state index contributed by atoms with van der Waals surface area (Å²) in [5.41, 5.74) is 1.08. The molecule has 0 aliphatic heterocycles. The van der Waals surface area contributed by atoms with E-state index < -0.39 is 11.7 Å². The zero-order valence-electron chi connectivity index (χ0n) is 15.4. The summed E-state index contributed by atoms with van der Waals surface area (Å²) in [6.07, 6.45) is 0. The van der Waals surface area contributed by atoms with E-state index in [2.05, 4.69) is 10.6 Å². The normalized spacial score (nSPS) is 9.97. The van der Waals surface area contributed by atoms with Crippen molar-refractivity contribution in [3.05, 3.63) is 89.2 Å². The smallest absolute Gasteiger partial charge is 0.255 e. The van der Waals surface area contributed by atoms with Gasteiger partial charge in [0.2, 0.25) is 0 Å². The summed E-state index contributed by atoms with van der Waals surface area (Å²) in [4.78, 5) is 25.0. The molecule has 6 nitrogen and oxygen atoms in total. The average Bonchev–Trinajstić information content (AvgIpc) is 2.75. The lowest BCUT2D eigenvalue weighted by molar-refractivity contribution is 0.101. The predicted octanol–water partition coefficient (Wildman–Crippen LogP) is 4.21. The topological polar surface area (TPSA) is 91.2 Å². The van der Waals surface area contributed by atoms with Crippen molar-refractivity contribution in [2.24, 2.45) is 0 Å².